The summed E-state index contributed by atoms with van der Waals surface area (Å²) >= 11 is 3.17. The minimum atomic E-state index is -0.487. The van der Waals surface area contributed by atoms with Crippen molar-refractivity contribution in [2.45, 2.75) is 18.9 Å². The van der Waals surface area contributed by atoms with Crippen molar-refractivity contribution in [2.75, 3.05) is 6.54 Å². The molecule has 4 heteroatoms. The molecule has 2 nitrogen and oxygen atoms in total. The van der Waals surface area contributed by atoms with Crippen LogP contribution < -0.4 is 0 Å². The average molecular weight is 298 g/mol. The lowest BCUT2D eigenvalue weighted by Gasteiger charge is -2.20. The van der Waals surface area contributed by atoms with Gasteiger partial charge in [0.25, 0.3) is 5.91 Å². The Morgan fingerprint density at radius 2 is 2.29 bits per heavy atom. The minimum absolute atomic E-state index is 0.127. The molecule has 2 rings (SSSR count). The zero-order chi connectivity index (χ0) is 12.4. The summed E-state index contributed by atoms with van der Waals surface area (Å²) in [4.78, 5) is 13.9. The molecule has 90 valence electrons. The van der Waals surface area contributed by atoms with Crippen LogP contribution in [0.3, 0.4) is 0 Å². The second-order valence-electron chi connectivity index (χ2n) is 4.10. The van der Waals surface area contributed by atoms with Crippen molar-refractivity contribution in [3.63, 3.8) is 0 Å². The maximum Gasteiger partial charge on any atom is 0.257 e. The molecule has 0 radical (unpaired) electrons. The normalized spacial score (nSPS) is 14.5. The van der Waals surface area contributed by atoms with Crippen molar-refractivity contribution >= 4 is 21.8 Å². The van der Waals surface area contributed by atoms with Gasteiger partial charge in [0.15, 0.2) is 0 Å². The van der Waals surface area contributed by atoms with E-state index < -0.39 is 5.82 Å². The van der Waals surface area contributed by atoms with Crippen LogP contribution >= 0.6 is 15.9 Å². The number of halogens is 2. The van der Waals surface area contributed by atoms with Gasteiger partial charge in [0.2, 0.25) is 0 Å². The molecule has 0 bridgehead atoms. The van der Waals surface area contributed by atoms with E-state index >= 15 is 0 Å². The third kappa shape index (κ3) is 2.75. The summed E-state index contributed by atoms with van der Waals surface area (Å²) in [5, 5.41) is 0. The molecule has 0 N–H and O–H groups in total. The maximum absolute atomic E-state index is 13.7. The van der Waals surface area contributed by atoms with Crippen molar-refractivity contribution < 1.29 is 9.18 Å². The van der Waals surface area contributed by atoms with Crippen LogP contribution in [0.4, 0.5) is 4.39 Å². The van der Waals surface area contributed by atoms with Crippen LogP contribution in [-0.2, 0) is 0 Å². The third-order valence-electron chi connectivity index (χ3n) is 2.74. The van der Waals surface area contributed by atoms with E-state index in [1.807, 2.05) is 0 Å². The van der Waals surface area contributed by atoms with E-state index in [0.29, 0.717) is 11.0 Å². The number of amides is 1. The summed E-state index contributed by atoms with van der Waals surface area (Å²) in [5.74, 6) is -0.739. The first kappa shape index (κ1) is 12.3. The van der Waals surface area contributed by atoms with E-state index in [4.69, 9.17) is 0 Å². The SMILES string of the molecule is C=CCN(C(=O)c1ccc(Br)cc1F)C1CC1. The minimum Gasteiger partial charge on any atom is -0.332 e. The van der Waals surface area contributed by atoms with E-state index in [1.165, 1.54) is 12.1 Å². The summed E-state index contributed by atoms with van der Waals surface area (Å²) in [5.41, 5.74) is 0.127. The highest BCUT2D eigenvalue weighted by Gasteiger charge is 2.33. The molecule has 1 aromatic rings. The monoisotopic (exact) mass is 297 g/mol. The van der Waals surface area contributed by atoms with E-state index in [9.17, 15) is 9.18 Å². The first-order valence-corrected chi connectivity index (χ1v) is 6.29. The van der Waals surface area contributed by atoms with Gasteiger partial charge in [-0.2, -0.15) is 0 Å². The lowest BCUT2D eigenvalue weighted by atomic mass is 10.2. The number of nitrogens with zero attached hydrogens (tertiary/aromatic N) is 1. The summed E-state index contributed by atoms with van der Waals surface area (Å²) in [7, 11) is 0. The third-order valence-corrected chi connectivity index (χ3v) is 3.23. The fraction of sp³-hybridized carbons (Fsp3) is 0.308. The summed E-state index contributed by atoms with van der Waals surface area (Å²) < 4.78 is 14.3. The molecule has 0 unspecified atom stereocenters. The molecule has 0 atom stereocenters. The Balaban J connectivity index is 2.24. The Bertz CT molecular complexity index is 457. The van der Waals surface area contributed by atoms with Crippen LogP contribution in [0.5, 0.6) is 0 Å². The smallest absolute Gasteiger partial charge is 0.257 e. The highest BCUT2D eigenvalue weighted by Crippen LogP contribution is 2.29. The average Bonchev–Trinajstić information content (AvgIpc) is 3.09. The van der Waals surface area contributed by atoms with Gasteiger partial charge in [-0.15, -0.1) is 6.58 Å². The van der Waals surface area contributed by atoms with Gasteiger partial charge < -0.3 is 4.90 Å². The van der Waals surface area contributed by atoms with Crippen LogP contribution in [0, 0.1) is 5.82 Å². The number of carbonyl (C=O) groups excluding carboxylic acids is 1. The molecule has 1 fully saturated rings. The van der Waals surface area contributed by atoms with Gasteiger partial charge in [0.05, 0.1) is 5.56 Å². The molecule has 0 spiro atoms. The van der Waals surface area contributed by atoms with Crippen LogP contribution in [0.1, 0.15) is 23.2 Å². The Morgan fingerprint density at radius 1 is 1.59 bits per heavy atom. The van der Waals surface area contributed by atoms with Gasteiger partial charge in [-0.05, 0) is 31.0 Å². The van der Waals surface area contributed by atoms with Gasteiger partial charge in [-0.1, -0.05) is 22.0 Å². The lowest BCUT2D eigenvalue weighted by Crippen LogP contribution is -2.33. The molecule has 17 heavy (non-hydrogen) atoms. The molecular formula is C13H13BrFNO. The molecule has 0 heterocycles. The van der Waals surface area contributed by atoms with E-state index in [0.717, 1.165) is 12.8 Å². The summed E-state index contributed by atoms with van der Waals surface area (Å²) in [6.07, 6.45) is 3.67. The first-order chi connectivity index (χ1) is 8.13. The Morgan fingerprint density at radius 3 is 2.82 bits per heavy atom. The number of benzene rings is 1. The van der Waals surface area contributed by atoms with Crippen LogP contribution in [-0.4, -0.2) is 23.4 Å². The Kier molecular flexibility index (Phi) is 3.62. The molecule has 1 aliphatic rings. The number of rotatable bonds is 4. The summed E-state index contributed by atoms with van der Waals surface area (Å²) in [6.45, 7) is 4.10. The predicted octanol–water partition coefficient (Wildman–Crippen LogP) is 3.38. The van der Waals surface area contributed by atoms with Gasteiger partial charge in [0, 0.05) is 17.1 Å². The number of carbonyl (C=O) groups is 1. The highest BCUT2D eigenvalue weighted by atomic mass is 79.9. The topological polar surface area (TPSA) is 20.3 Å². The number of hydrogen-bond acceptors (Lipinski definition) is 1. The van der Waals surface area contributed by atoms with Crippen LogP contribution in [0.25, 0.3) is 0 Å². The fourth-order valence-electron chi connectivity index (χ4n) is 1.74. The number of hydrogen-bond donors (Lipinski definition) is 0. The Hall–Kier alpha value is -1.16. The molecular weight excluding hydrogens is 285 g/mol. The fourth-order valence-corrected chi connectivity index (χ4v) is 2.07. The van der Waals surface area contributed by atoms with Crippen molar-refractivity contribution in [1.29, 1.82) is 0 Å². The second-order valence-corrected chi connectivity index (χ2v) is 5.02. The zero-order valence-corrected chi connectivity index (χ0v) is 10.9. The van der Waals surface area contributed by atoms with Gasteiger partial charge >= 0.3 is 0 Å². The van der Waals surface area contributed by atoms with E-state index in [-0.39, 0.29) is 17.5 Å². The summed E-state index contributed by atoms with van der Waals surface area (Å²) in [6, 6.07) is 4.76. The van der Waals surface area contributed by atoms with Crippen molar-refractivity contribution in [1.82, 2.24) is 4.90 Å². The molecule has 0 aromatic heterocycles. The van der Waals surface area contributed by atoms with Crippen molar-refractivity contribution in [3.05, 3.63) is 46.7 Å². The zero-order valence-electron chi connectivity index (χ0n) is 9.33. The van der Waals surface area contributed by atoms with Gasteiger partial charge in [-0.3, -0.25) is 4.79 Å². The second kappa shape index (κ2) is 5.00. The molecule has 1 saturated carbocycles. The van der Waals surface area contributed by atoms with Crippen LogP contribution in [0.15, 0.2) is 35.3 Å². The largest absolute Gasteiger partial charge is 0.332 e. The van der Waals surface area contributed by atoms with Gasteiger partial charge in [0.1, 0.15) is 5.82 Å². The lowest BCUT2D eigenvalue weighted by molar-refractivity contribution is 0.0758. The maximum atomic E-state index is 13.7. The molecule has 0 aliphatic heterocycles. The van der Waals surface area contributed by atoms with Crippen molar-refractivity contribution in [3.8, 4) is 0 Å². The predicted molar refractivity (Wildman–Crippen MR) is 68.4 cm³/mol. The molecule has 1 aromatic carbocycles. The van der Waals surface area contributed by atoms with Crippen LogP contribution in [0.2, 0.25) is 0 Å². The standard InChI is InChI=1S/C13H13BrFNO/c1-2-7-16(10-4-5-10)13(17)11-6-3-9(14)8-12(11)15/h2-3,6,8,10H,1,4-5,7H2. The quantitative estimate of drug-likeness (QED) is 0.780. The van der Waals surface area contributed by atoms with Gasteiger partial charge in [-0.25, -0.2) is 4.39 Å². The molecule has 0 saturated heterocycles. The molecule has 1 amide bonds. The molecule has 1 aliphatic carbocycles. The van der Waals surface area contributed by atoms with E-state index in [2.05, 4.69) is 22.5 Å². The van der Waals surface area contributed by atoms with E-state index in [1.54, 1.807) is 17.0 Å². The first-order valence-electron chi connectivity index (χ1n) is 5.50. The van der Waals surface area contributed by atoms with Crippen molar-refractivity contribution in [2.24, 2.45) is 0 Å². The Labute approximate surface area is 108 Å². The highest BCUT2D eigenvalue weighted by molar-refractivity contribution is 9.10.